The van der Waals surface area contributed by atoms with Crippen molar-refractivity contribution in [1.82, 2.24) is 10.2 Å². The molecule has 18 heavy (non-hydrogen) atoms. The standard InChI is InChI=1S/C15H32N2O/c1-12(2)11-17-8-5-14(6-9-17)16-15(7-10-18)13(3)4/h12-16,18H,5-11H2,1-4H3. The summed E-state index contributed by atoms with van der Waals surface area (Å²) in [4.78, 5) is 2.58. The average molecular weight is 256 g/mol. The molecule has 1 rings (SSSR count). The van der Waals surface area contributed by atoms with E-state index >= 15 is 0 Å². The van der Waals surface area contributed by atoms with Crippen LogP contribution in [0.15, 0.2) is 0 Å². The predicted molar refractivity (Wildman–Crippen MR) is 77.8 cm³/mol. The van der Waals surface area contributed by atoms with Crippen LogP contribution in [0.2, 0.25) is 0 Å². The van der Waals surface area contributed by atoms with Crippen molar-refractivity contribution in [3.8, 4) is 0 Å². The highest BCUT2D eigenvalue weighted by Gasteiger charge is 2.23. The van der Waals surface area contributed by atoms with Crippen molar-refractivity contribution < 1.29 is 5.11 Å². The van der Waals surface area contributed by atoms with Gasteiger partial charge in [0.25, 0.3) is 0 Å². The van der Waals surface area contributed by atoms with Crippen LogP contribution >= 0.6 is 0 Å². The molecule has 1 unspecified atom stereocenters. The number of aliphatic hydroxyl groups excluding tert-OH is 1. The number of hydrogen-bond acceptors (Lipinski definition) is 3. The zero-order valence-corrected chi connectivity index (χ0v) is 12.7. The number of nitrogens with zero attached hydrogens (tertiary/aromatic N) is 1. The highest BCUT2D eigenvalue weighted by atomic mass is 16.3. The van der Waals surface area contributed by atoms with Gasteiger partial charge in [0.2, 0.25) is 0 Å². The summed E-state index contributed by atoms with van der Waals surface area (Å²) in [6, 6.07) is 1.11. The molecule has 3 nitrogen and oxygen atoms in total. The van der Waals surface area contributed by atoms with Crippen LogP contribution in [-0.2, 0) is 0 Å². The highest BCUT2D eigenvalue weighted by Crippen LogP contribution is 2.15. The van der Waals surface area contributed by atoms with Crippen molar-refractivity contribution in [3.63, 3.8) is 0 Å². The maximum atomic E-state index is 9.11. The van der Waals surface area contributed by atoms with Crippen LogP contribution < -0.4 is 5.32 Å². The van der Waals surface area contributed by atoms with Gasteiger partial charge in [-0.15, -0.1) is 0 Å². The first-order chi connectivity index (χ1) is 8.52. The van der Waals surface area contributed by atoms with Gasteiger partial charge in [-0.25, -0.2) is 0 Å². The van der Waals surface area contributed by atoms with Crippen LogP contribution in [0.4, 0.5) is 0 Å². The van der Waals surface area contributed by atoms with Gasteiger partial charge in [-0.3, -0.25) is 0 Å². The molecule has 108 valence electrons. The van der Waals surface area contributed by atoms with Crippen molar-refractivity contribution >= 4 is 0 Å². The first-order valence-corrected chi connectivity index (χ1v) is 7.62. The monoisotopic (exact) mass is 256 g/mol. The zero-order valence-electron chi connectivity index (χ0n) is 12.7. The maximum Gasteiger partial charge on any atom is 0.0445 e. The van der Waals surface area contributed by atoms with Gasteiger partial charge in [-0.05, 0) is 44.2 Å². The summed E-state index contributed by atoms with van der Waals surface area (Å²) in [5, 5.41) is 12.9. The molecule has 1 heterocycles. The number of hydrogen-bond donors (Lipinski definition) is 2. The van der Waals surface area contributed by atoms with Crippen molar-refractivity contribution in [1.29, 1.82) is 0 Å². The van der Waals surface area contributed by atoms with Gasteiger partial charge in [0, 0.05) is 25.2 Å². The van der Waals surface area contributed by atoms with Crippen LogP contribution in [0.25, 0.3) is 0 Å². The topological polar surface area (TPSA) is 35.5 Å². The smallest absolute Gasteiger partial charge is 0.0445 e. The molecule has 0 aliphatic carbocycles. The molecule has 0 bridgehead atoms. The van der Waals surface area contributed by atoms with E-state index in [-0.39, 0.29) is 0 Å². The number of rotatable bonds is 7. The third kappa shape index (κ3) is 5.68. The fourth-order valence-electron chi connectivity index (χ4n) is 2.85. The van der Waals surface area contributed by atoms with Crippen molar-refractivity contribution in [2.45, 2.75) is 59.0 Å². The largest absolute Gasteiger partial charge is 0.396 e. The lowest BCUT2D eigenvalue weighted by Gasteiger charge is -2.36. The Labute approximate surface area is 113 Å². The summed E-state index contributed by atoms with van der Waals surface area (Å²) < 4.78 is 0. The quantitative estimate of drug-likeness (QED) is 0.732. The van der Waals surface area contributed by atoms with E-state index in [1.165, 1.54) is 32.5 Å². The first kappa shape index (κ1) is 15.9. The van der Waals surface area contributed by atoms with E-state index in [9.17, 15) is 0 Å². The SMILES string of the molecule is CC(C)CN1CCC(NC(CCO)C(C)C)CC1. The molecular weight excluding hydrogens is 224 g/mol. The number of likely N-dealkylation sites (tertiary alicyclic amines) is 1. The number of nitrogens with one attached hydrogen (secondary N) is 1. The Bertz CT molecular complexity index is 211. The Morgan fingerprint density at radius 2 is 1.78 bits per heavy atom. The third-order valence-corrected chi connectivity index (χ3v) is 3.91. The molecule has 0 saturated carbocycles. The van der Waals surface area contributed by atoms with Gasteiger partial charge < -0.3 is 15.3 Å². The maximum absolute atomic E-state index is 9.11. The second-order valence-electron chi connectivity index (χ2n) is 6.50. The lowest BCUT2D eigenvalue weighted by atomic mass is 9.97. The van der Waals surface area contributed by atoms with E-state index in [0.717, 1.165) is 12.3 Å². The molecule has 3 heteroatoms. The van der Waals surface area contributed by atoms with E-state index in [2.05, 4.69) is 37.9 Å². The Morgan fingerprint density at radius 3 is 2.22 bits per heavy atom. The van der Waals surface area contributed by atoms with Gasteiger partial charge in [0.05, 0.1) is 0 Å². The van der Waals surface area contributed by atoms with Gasteiger partial charge in [0.15, 0.2) is 0 Å². The lowest BCUT2D eigenvalue weighted by molar-refractivity contribution is 0.161. The number of aliphatic hydroxyl groups is 1. The van der Waals surface area contributed by atoms with Gasteiger partial charge in [-0.1, -0.05) is 27.7 Å². The molecule has 0 aromatic carbocycles. The number of piperidine rings is 1. The summed E-state index contributed by atoms with van der Waals surface area (Å²) in [5.74, 6) is 1.37. The van der Waals surface area contributed by atoms with Crippen LogP contribution in [-0.4, -0.2) is 48.3 Å². The molecule has 1 aliphatic heterocycles. The second-order valence-corrected chi connectivity index (χ2v) is 6.50. The zero-order chi connectivity index (χ0) is 13.5. The molecule has 0 spiro atoms. The van der Waals surface area contributed by atoms with Gasteiger partial charge >= 0.3 is 0 Å². The summed E-state index contributed by atoms with van der Waals surface area (Å²) >= 11 is 0. The minimum absolute atomic E-state index is 0.294. The van der Waals surface area contributed by atoms with E-state index < -0.39 is 0 Å². The van der Waals surface area contributed by atoms with Gasteiger partial charge in [-0.2, -0.15) is 0 Å². The molecule has 1 saturated heterocycles. The molecular formula is C15H32N2O. The summed E-state index contributed by atoms with van der Waals surface area (Å²) in [5.41, 5.74) is 0. The van der Waals surface area contributed by atoms with E-state index in [1.807, 2.05) is 0 Å². The highest BCUT2D eigenvalue weighted by molar-refractivity contribution is 4.82. The fourth-order valence-corrected chi connectivity index (χ4v) is 2.85. The molecule has 1 fully saturated rings. The Morgan fingerprint density at radius 1 is 1.17 bits per heavy atom. The molecule has 1 aliphatic rings. The third-order valence-electron chi connectivity index (χ3n) is 3.91. The van der Waals surface area contributed by atoms with Gasteiger partial charge in [0.1, 0.15) is 0 Å². The summed E-state index contributed by atoms with van der Waals surface area (Å²) in [6.45, 7) is 13.0. The van der Waals surface area contributed by atoms with Crippen molar-refractivity contribution in [3.05, 3.63) is 0 Å². The molecule has 1 atom stereocenters. The lowest BCUT2D eigenvalue weighted by Crippen LogP contribution is -2.48. The Hall–Kier alpha value is -0.120. The predicted octanol–water partition coefficient (Wildman–Crippen LogP) is 2.10. The minimum atomic E-state index is 0.294. The van der Waals surface area contributed by atoms with E-state index in [1.54, 1.807) is 0 Å². The van der Waals surface area contributed by atoms with Crippen LogP contribution in [0, 0.1) is 11.8 Å². The molecule has 2 N–H and O–H groups in total. The van der Waals surface area contributed by atoms with Crippen molar-refractivity contribution in [2.75, 3.05) is 26.2 Å². The Kier molecular flexibility index (Phi) is 7.20. The minimum Gasteiger partial charge on any atom is -0.396 e. The van der Waals surface area contributed by atoms with E-state index in [0.29, 0.717) is 24.6 Å². The molecule has 0 radical (unpaired) electrons. The molecule has 0 aromatic rings. The fraction of sp³-hybridized carbons (Fsp3) is 1.00. The summed E-state index contributed by atoms with van der Waals surface area (Å²) in [6.07, 6.45) is 3.38. The van der Waals surface area contributed by atoms with Crippen LogP contribution in [0.5, 0.6) is 0 Å². The molecule has 0 amide bonds. The average Bonchev–Trinajstić information content (AvgIpc) is 2.30. The summed E-state index contributed by atoms with van der Waals surface area (Å²) in [7, 11) is 0. The normalized spacial score (nSPS) is 20.8. The van der Waals surface area contributed by atoms with Crippen LogP contribution in [0.3, 0.4) is 0 Å². The molecule has 0 aromatic heterocycles. The Balaban J connectivity index is 2.29. The van der Waals surface area contributed by atoms with Crippen molar-refractivity contribution in [2.24, 2.45) is 11.8 Å². The van der Waals surface area contributed by atoms with Crippen LogP contribution in [0.1, 0.15) is 47.0 Å². The first-order valence-electron chi connectivity index (χ1n) is 7.62. The van der Waals surface area contributed by atoms with E-state index in [4.69, 9.17) is 5.11 Å². The second kappa shape index (κ2) is 8.13.